The second kappa shape index (κ2) is 5.33. The minimum Gasteiger partial charge on any atom is -0.481 e. The van der Waals surface area contributed by atoms with E-state index in [9.17, 15) is 9.90 Å². The van der Waals surface area contributed by atoms with Gasteiger partial charge in [-0.15, -0.1) is 0 Å². The summed E-state index contributed by atoms with van der Waals surface area (Å²) in [4.78, 5) is 12.7. The Labute approximate surface area is 101 Å². The van der Waals surface area contributed by atoms with E-state index in [0.29, 0.717) is 13.2 Å². The molecule has 0 aromatic heterocycles. The number of hydrogen-bond acceptors (Lipinski definition) is 4. The third-order valence-electron chi connectivity index (χ3n) is 3.88. The molecule has 2 aliphatic rings. The molecule has 2 heterocycles. The van der Waals surface area contributed by atoms with Gasteiger partial charge in [0.1, 0.15) is 0 Å². The zero-order chi connectivity index (χ0) is 12.3. The first-order valence-electron chi connectivity index (χ1n) is 6.36. The van der Waals surface area contributed by atoms with Crippen LogP contribution in [0.25, 0.3) is 0 Å². The van der Waals surface area contributed by atoms with Gasteiger partial charge in [0.05, 0.1) is 18.1 Å². The Kier molecular flexibility index (Phi) is 4.01. The van der Waals surface area contributed by atoms with Crippen LogP contribution in [0.5, 0.6) is 0 Å². The predicted octanol–water partition coefficient (Wildman–Crippen LogP) is 0.467. The monoisotopic (exact) mass is 243 g/mol. The van der Waals surface area contributed by atoms with E-state index >= 15 is 0 Å². The summed E-state index contributed by atoms with van der Waals surface area (Å²) < 4.78 is 5.85. The second-order valence-electron chi connectivity index (χ2n) is 5.16. The molecule has 1 atom stereocenters. The Morgan fingerprint density at radius 3 is 2.71 bits per heavy atom. The number of hydrogen-bond donors (Lipinski definition) is 2. The van der Waals surface area contributed by atoms with E-state index < -0.39 is 5.97 Å². The number of piperidine rings is 1. The average molecular weight is 243 g/mol. The third kappa shape index (κ3) is 3.40. The van der Waals surface area contributed by atoms with Gasteiger partial charge in [-0.3, -0.25) is 4.79 Å². The van der Waals surface area contributed by atoms with Crippen LogP contribution in [-0.4, -0.2) is 59.0 Å². The fourth-order valence-electron chi connectivity index (χ4n) is 2.79. The lowest BCUT2D eigenvalue weighted by atomic mass is 9.83. The average Bonchev–Trinajstić information content (AvgIpc) is 2.28. The maximum atomic E-state index is 10.5. The predicted molar refractivity (Wildman–Crippen MR) is 61.9 cm³/mol. The van der Waals surface area contributed by atoms with Crippen molar-refractivity contribution in [3.8, 4) is 0 Å². The van der Waals surface area contributed by atoms with Crippen LogP contribution < -0.4 is 0 Å². The van der Waals surface area contributed by atoms with E-state index in [1.807, 2.05) is 0 Å². The first-order chi connectivity index (χ1) is 8.10. The van der Waals surface area contributed by atoms with Crippen molar-refractivity contribution in [2.24, 2.45) is 0 Å². The van der Waals surface area contributed by atoms with Crippen LogP contribution in [-0.2, 0) is 9.53 Å². The Hall–Kier alpha value is -0.650. The van der Waals surface area contributed by atoms with Gasteiger partial charge in [0.15, 0.2) is 0 Å². The van der Waals surface area contributed by atoms with E-state index in [4.69, 9.17) is 9.84 Å². The van der Waals surface area contributed by atoms with Crippen LogP contribution >= 0.6 is 0 Å². The lowest BCUT2D eigenvalue weighted by Gasteiger charge is -2.45. The summed E-state index contributed by atoms with van der Waals surface area (Å²) in [7, 11) is 0. The number of ether oxygens (including phenoxy) is 1. The van der Waals surface area contributed by atoms with E-state index in [0.717, 1.165) is 38.8 Å². The highest BCUT2D eigenvalue weighted by Gasteiger charge is 2.39. The van der Waals surface area contributed by atoms with Crippen molar-refractivity contribution in [1.82, 2.24) is 4.90 Å². The number of rotatable bonds is 3. The molecule has 2 aliphatic heterocycles. The molecular formula is C12H21NO4. The number of carboxylic acid groups (broad SMARTS) is 1. The SMILES string of the molecule is O=C(O)CCN1CCC2(CC1)C[C@H](O)CCO2. The normalized spacial score (nSPS) is 29.4. The molecule has 0 bridgehead atoms. The molecule has 0 aliphatic carbocycles. The van der Waals surface area contributed by atoms with Gasteiger partial charge in [0, 0.05) is 32.7 Å². The number of aliphatic hydroxyl groups excluding tert-OH is 1. The number of nitrogens with zero attached hydrogens (tertiary/aromatic N) is 1. The standard InChI is InChI=1S/C12H21NO4/c14-10-2-8-17-12(9-10)3-6-13(7-4-12)5-1-11(15)16/h10,14H,1-9H2,(H,15,16)/t10-/m1/s1. The van der Waals surface area contributed by atoms with Crippen molar-refractivity contribution >= 4 is 5.97 Å². The van der Waals surface area contributed by atoms with Crippen LogP contribution in [0.15, 0.2) is 0 Å². The number of likely N-dealkylation sites (tertiary alicyclic amines) is 1. The number of aliphatic carboxylic acids is 1. The lowest BCUT2D eigenvalue weighted by molar-refractivity contribution is -0.144. The highest BCUT2D eigenvalue weighted by atomic mass is 16.5. The largest absolute Gasteiger partial charge is 0.481 e. The lowest BCUT2D eigenvalue weighted by Crippen LogP contribution is -2.50. The molecule has 0 unspecified atom stereocenters. The number of carboxylic acids is 1. The van der Waals surface area contributed by atoms with Gasteiger partial charge < -0.3 is 19.8 Å². The summed E-state index contributed by atoms with van der Waals surface area (Å²) in [6, 6.07) is 0. The number of aliphatic hydroxyl groups is 1. The maximum Gasteiger partial charge on any atom is 0.304 e. The van der Waals surface area contributed by atoms with E-state index in [1.54, 1.807) is 0 Å². The van der Waals surface area contributed by atoms with Crippen molar-refractivity contribution in [1.29, 1.82) is 0 Å². The van der Waals surface area contributed by atoms with Crippen LogP contribution in [0.1, 0.15) is 32.1 Å². The molecule has 2 rings (SSSR count). The fourth-order valence-corrected chi connectivity index (χ4v) is 2.79. The molecule has 0 aromatic carbocycles. The molecule has 5 heteroatoms. The molecular weight excluding hydrogens is 222 g/mol. The van der Waals surface area contributed by atoms with Gasteiger partial charge in [-0.1, -0.05) is 0 Å². The minimum absolute atomic E-state index is 0.141. The highest BCUT2D eigenvalue weighted by molar-refractivity contribution is 5.66. The highest BCUT2D eigenvalue weighted by Crippen LogP contribution is 2.34. The summed E-state index contributed by atoms with van der Waals surface area (Å²) in [5.41, 5.74) is -0.141. The molecule has 17 heavy (non-hydrogen) atoms. The molecule has 2 saturated heterocycles. The van der Waals surface area contributed by atoms with Gasteiger partial charge in [-0.25, -0.2) is 0 Å². The summed E-state index contributed by atoms with van der Waals surface area (Å²) in [5, 5.41) is 18.3. The quantitative estimate of drug-likeness (QED) is 0.754. The van der Waals surface area contributed by atoms with Crippen molar-refractivity contribution in [3.05, 3.63) is 0 Å². The Balaban J connectivity index is 1.78. The minimum atomic E-state index is -0.741. The van der Waals surface area contributed by atoms with Crippen LogP contribution in [0.3, 0.4) is 0 Å². The van der Waals surface area contributed by atoms with Gasteiger partial charge in [0.2, 0.25) is 0 Å². The molecule has 2 N–H and O–H groups in total. The smallest absolute Gasteiger partial charge is 0.304 e. The molecule has 5 nitrogen and oxygen atoms in total. The Morgan fingerprint density at radius 2 is 2.12 bits per heavy atom. The van der Waals surface area contributed by atoms with Gasteiger partial charge in [-0.2, -0.15) is 0 Å². The molecule has 98 valence electrons. The van der Waals surface area contributed by atoms with Gasteiger partial charge >= 0.3 is 5.97 Å². The molecule has 0 radical (unpaired) electrons. The van der Waals surface area contributed by atoms with Crippen molar-refractivity contribution < 1.29 is 19.7 Å². The molecule has 0 aromatic rings. The molecule has 0 amide bonds. The third-order valence-corrected chi connectivity index (χ3v) is 3.88. The van der Waals surface area contributed by atoms with Gasteiger partial charge in [-0.05, 0) is 19.3 Å². The summed E-state index contributed by atoms with van der Waals surface area (Å²) >= 11 is 0. The van der Waals surface area contributed by atoms with Crippen LogP contribution in [0.2, 0.25) is 0 Å². The first-order valence-corrected chi connectivity index (χ1v) is 6.36. The summed E-state index contributed by atoms with van der Waals surface area (Å²) in [6.45, 7) is 3.02. The van der Waals surface area contributed by atoms with Crippen molar-refractivity contribution in [2.75, 3.05) is 26.2 Å². The number of carbonyl (C=O) groups is 1. The molecule has 2 fully saturated rings. The van der Waals surface area contributed by atoms with Crippen LogP contribution in [0, 0.1) is 0 Å². The van der Waals surface area contributed by atoms with E-state index in [1.165, 1.54) is 0 Å². The maximum absolute atomic E-state index is 10.5. The summed E-state index contributed by atoms with van der Waals surface area (Å²) in [5.74, 6) is -0.741. The zero-order valence-corrected chi connectivity index (χ0v) is 10.1. The summed E-state index contributed by atoms with van der Waals surface area (Å²) in [6.07, 6.45) is 3.27. The first kappa shape index (κ1) is 12.8. The Bertz CT molecular complexity index is 274. The Morgan fingerprint density at radius 1 is 1.41 bits per heavy atom. The van der Waals surface area contributed by atoms with Crippen molar-refractivity contribution in [2.45, 2.75) is 43.8 Å². The van der Waals surface area contributed by atoms with Crippen LogP contribution in [0.4, 0.5) is 0 Å². The fraction of sp³-hybridized carbons (Fsp3) is 0.917. The van der Waals surface area contributed by atoms with E-state index in [-0.39, 0.29) is 18.1 Å². The zero-order valence-electron chi connectivity index (χ0n) is 10.1. The topological polar surface area (TPSA) is 70.0 Å². The molecule has 0 saturated carbocycles. The van der Waals surface area contributed by atoms with Crippen molar-refractivity contribution in [3.63, 3.8) is 0 Å². The van der Waals surface area contributed by atoms with Gasteiger partial charge in [0.25, 0.3) is 0 Å². The second-order valence-corrected chi connectivity index (χ2v) is 5.16. The molecule has 1 spiro atoms. The van der Waals surface area contributed by atoms with E-state index in [2.05, 4.69) is 4.90 Å².